The zero-order valence-corrected chi connectivity index (χ0v) is 16.7. The fourth-order valence-electron chi connectivity index (χ4n) is 4.28. The summed E-state index contributed by atoms with van der Waals surface area (Å²) >= 11 is 0. The summed E-state index contributed by atoms with van der Waals surface area (Å²) in [5.74, 6) is -1.29. The van der Waals surface area contributed by atoms with Crippen LogP contribution in [-0.2, 0) is 33.1 Å². The van der Waals surface area contributed by atoms with E-state index >= 15 is 0 Å². The van der Waals surface area contributed by atoms with Gasteiger partial charge < -0.3 is 20.1 Å². The lowest BCUT2D eigenvalue weighted by Crippen LogP contribution is -2.44. The van der Waals surface area contributed by atoms with Gasteiger partial charge in [-0.1, -0.05) is 19.1 Å². The Hall–Kier alpha value is -3.78. The standard InChI is InChI=1S/C23H19N3O5/c1-2-23(30)16-9-18-20-14(10-26(18)21(28)15(16)11-31-22(23)29)8-13-5-3-12(4-6-19(24)27)7-17(13)25-20/h3-9,30H,2,10-11H2,1H3,(H2,24,27). The first-order chi connectivity index (χ1) is 14.8. The van der Waals surface area contributed by atoms with E-state index in [0.29, 0.717) is 29.0 Å². The van der Waals surface area contributed by atoms with Crippen molar-refractivity contribution in [2.45, 2.75) is 32.1 Å². The first-order valence-corrected chi connectivity index (χ1v) is 9.90. The number of hydrogen-bond donors (Lipinski definition) is 2. The molecule has 0 radical (unpaired) electrons. The molecule has 4 heterocycles. The van der Waals surface area contributed by atoms with Crippen LogP contribution in [-0.4, -0.2) is 26.5 Å². The molecule has 0 saturated heterocycles. The molecule has 2 aromatic heterocycles. The normalized spacial score (nSPS) is 19.2. The van der Waals surface area contributed by atoms with Crippen LogP contribution in [0.15, 0.2) is 41.2 Å². The van der Waals surface area contributed by atoms with Crippen molar-refractivity contribution >= 4 is 28.9 Å². The van der Waals surface area contributed by atoms with Gasteiger partial charge in [-0.2, -0.15) is 0 Å². The van der Waals surface area contributed by atoms with Gasteiger partial charge in [-0.25, -0.2) is 9.78 Å². The number of aromatic nitrogens is 2. The van der Waals surface area contributed by atoms with Crippen LogP contribution in [0.1, 0.15) is 35.6 Å². The summed E-state index contributed by atoms with van der Waals surface area (Å²) in [5.41, 5.74) is 7.12. The predicted molar refractivity (Wildman–Crippen MR) is 113 cm³/mol. The van der Waals surface area contributed by atoms with Crippen LogP contribution < -0.4 is 11.3 Å². The summed E-state index contributed by atoms with van der Waals surface area (Å²) < 4.78 is 6.68. The van der Waals surface area contributed by atoms with Crippen molar-refractivity contribution in [1.82, 2.24) is 9.55 Å². The summed E-state index contributed by atoms with van der Waals surface area (Å²) in [6.07, 6.45) is 2.98. The second kappa shape index (κ2) is 6.61. The number of nitrogens with two attached hydrogens (primary N) is 1. The molecular formula is C23H19N3O5. The lowest BCUT2D eigenvalue weighted by atomic mass is 9.86. The van der Waals surface area contributed by atoms with Crippen LogP contribution in [0, 0.1) is 0 Å². The number of pyridine rings is 2. The fraction of sp³-hybridized carbons (Fsp3) is 0.217. The first-order valence-electron chi connectivity index (χ1n) is 9.90. The number of ether oxygens (including phenoxy) is 1. The van der Waals surface area contributed by atoms with Gasteiger partial charge in [-0.15, -0.1) is 0 Å². The third-order valence-corrected chi connectivity index (χ3v) is 5.97. The molecule has 0 bridgehead atoms. The molecule has 5 rings (SSSR count). The molecule has 31 heavy (non-hydrogen) atoms. The van der Waals surface area contributed by atoms with Crippen LogP contribution in [0.3, 0.4) is 0 Å². The minimum atomic E-state index is -1.85. The Morgan fingerprint density at radius 3 is 2.87 bits per heavy atom. The maximum Gasteiger partial charge on any atom is 0.343 e. The van der Waals surface area contributed by atoms with Crippen molar-refractivity contribution in [2.75, 3.05) is 0 Å². The van der Waals surface area contributed by atoms with Gasteiger partial charge in [0, 0.05) is 22.6 Å². The Labute approximate surface area is 176 Å². The summed E-state index contributed by atoms with van der Waals surface area (Å²) in [6.45, 7) is 1.86. The number of amides is 1. The molecule has 8 heteroatoms. The van der Waals surface area contributed by atoms with Gasteiger partial charge in [0.25, 0.3) is 5.56 Å². The number of cyclic esters (lactones) is 1. The highest BCUT2D eigenvalue weighted by molar-refractivity contribution is 5.92. The van der Waals surface area contributed by atoms with E-state index < -0.39 is 17.5 Å². The Bertz CT molecular complexity index is 1390. The summed E-state index contributed by atoms with van der Waals surface area (Å²) in [7, 11) is 0. The van der Waals surface area contributed by atoms with E-state index in [1.807, 2.05) is 24.3 Å². The monoisotopic (exact) mass is 417 g/mol. The molecule has 2 aliphatic rings. The molecule has 1 amide bonds. The lowest BCUT2D eigenvalue weighted by Gasteiger charge is -2.31. The summed E-state index contributed by atoms with van der Waals surface area (Å²) in [5, 5.41) is 11.8. The fourth-order valence-corrected chi connectivity index (χ4v) is 4.28. The average Bonchev–Trinajstić information content (AvgIpc) is 3.11. The zero-order valence-electron chi connectivity index (χ0n) is 16.7. The van der Waals surface area contributed by atoms with E-state index in [-0.39, 0.29) is 24.2 Å². The molecule has 0 saturated carbocycles. The van der Waals surface area contributed by atoms with Gasteiger partial charge in [0.05, 0.1) is 29.0 Å². The molecule has 3 N–H and O–H groups in total. The largest absolute Gasteiger partial charge is 0.458 e. The van der Waals surface area contributed by atoms with Gasteiger partial charge in [0.2, 0.25) is 5.91 Å². The molecule has 156 valence electrons. The second-order valence-electron chi connectivity index (χ2n) is 7.79. The van der Waals surface area contributed by atoms with Crippen molar-refractivity contribution in [3.05, 3.63) is 69.0 Å². The molecule has 8 nitrogen and oxygen atoms in total. The molecule has 0 fully saturated rings. The van der Waals surface area contributed by atoms with Gasteiger partial charge in [0.15, 0.2) is 5.60 Å². The molecule has 2 aliphatic heterocycles. The van der Waals surface area contributed by atoms with Gasteiger partial charge >= 0.3 is 5.97 Å². The molecule has 3 aromatic rings. The van der Waals surface area contributed by atoms with E-state index in [4.69, 9.17) is 15.5 Å². The number of carbonyl (C=O) groups excluding carboxylic acids is 2. The summed E-state index contributed by atoms with van der Waals surface area (Å²) in [4.78, 5) is 41.2. The van der Waals surface area contributed by atoms with E-state index in [1.54, 1.807) is 23.6 Å². The Morgan fingerprint density at radius 1 is 1.32 bits per heavy atom. The SMILES string of the molecule is CCC1(O)C(=O)OCc2c1cc1n(c2=O)Cc2cc3ccc(C=CC(N)=O)cc3nc2-1. The molecule has 1 atom stereocenters. The maximum absolute atomic E-state index is 13.2. The zero-order chi connectivity index (χ0) is 21.9. The van der Waals surface area contributed by atoms with Crippen LogP contribution in [0.5, 0.6) is 0 Å². The van der Waals surface area contributed by atoms with Crippen LogP contribution in [0.4, 0.5) is 0 Å². The molecule has 1 aromatic carbocycles. The topological polar surface area (TPSA) is 125 Å². The van der Waals surface area contributed by atoms with Crippen LogP contribution in [0.2, 0.25) is 0 Å². The van der Waals surface area contributed by atoms with Crippen molar-refractivity contribution in [1.29, 1.82) is 0 Å². The smallest absolute Gasteiger partial charge is 0.343 e. The Morgan fingerprint density at radius 2 is 2.13 bits per heavy atom. The van der Waals surface area contributed by atoms with Crippen molar-refractivity contribution < 1.29 is 19.4 Å². The van der Waals surface area contributed by atoms with E-state index in [9.17, 15) is 19.5 Å². The van der Waals surface area contributed by atoms with Crippen molar-refractivity contribution in [2.24, 2.45) is 5.73 Å². The van der Waals surface area contributed by atoms with E-state index in [0.717, 1.165) is 16.5 Å². The van der Waals surface area contributed by atoms with E-state index in [1.165, 1.54) is 6.08 Å². The summed E-state index contributed by atoms with van der Waals surface area (Å²) in [6, 6.07) is 9.23. The quantitative estimate of drug-likeness (QED) is 0.385. The minimum absolute atomic E-state index is 0.0926. The number of fused-ring (bicyclic) bond motifs is 5. The van der Waals surface area contributed by atoms with E-state index in [2.05, 4.69) is 0 Å². The van der Waals surface area contributed by atoms with Crippen LogP contribution in [0.25, 0.3) is 28.4 Å². The lowest BCUT2D eigenvalue weighted by molar-refractivity contribution is -0.172. The second-order valence-corrected chi connectivity index (χ2v) is 7.79. The van der Waals surface area contributed by atoms with Gasteiger partial charge in [0.1, 0.15) is 6.61 Å². The molecule has 0 spiro atoms. The third-order valence-electron chi connectivity index (χ3n) is 5.97. The molecular weight excluding hydrogens is 398 g/mol. The number of benzene rings is 1. The maximum atomic E-state index is 13.2. The number of nitrogens with zero attached hydrogens (tertiary/aromatic N) is 2. The number of aliphatic hydroxyl groups is 1. The minimum Gasteiger partial charge on any atom is -0.458 e. The first kappa shape index (κ1) is 19.2. The number of rotatable bonds is 3. The number of esters is 1. The third kappa shape index (κ3) is 2.79. The van der Waals surface area contributed by atoms with Gasteiger partial charge in [-0.3, -0.25) is 9.59 Å². The highest BCUT2D eigenvalue weighted by Crippen LogP contribution is 2.38. The van der Waals surface area contributed by atoms with Crippen molar-refractivity contribution in [3.8, 4) is 11.4 Å². The van der Waals surface area contributed by atoms with Gasteiger partial charge in [-0.05, 0) is 36.3 Å². The average molecular weight is 417 g/mol. The van der Waals surface area contributed by atoms with Crippen molar-refractivity contribution in [3.63, 3.8) is 0 Å². The Balaban J connectivity index is 1.70. The highest BCUT2D eigenvalue weighted by atomic mass is 16.6. The number of primary amides is 1. The molecule has 0 aliphatic carbocycles. The predicted octanol–water partition coefficient (Wildman–Crippen LogP) is 1.58. The Kier molecular flexibility index (Phi) is 4.10. The van der Waals surface area contributed by atoms with Crippen LogP contribution >= 0.6 is 0 Å². The number of carbonyl (C=O) groups is 2. The highest BCUT2D eigenvalue weighted by Gasteiger charge is 2.45. The molecule has 1 unspecified atom stereocenters. The number of hydrogen-bond acceptors (Lipinski definition) is 6.